The summed E-state index contributed by atoms with van der Waals surface area (Å²) in [5, 5.41) is 3.53. The van der Waals surface area contributed by atoms with Gasteiger partial charge in [-0.15, -0.1) is 0 Å². The molecule has 30 heavy (non-hydrogen) atoms. The van der Waals surface area contributed by atoms with Gasteiger partial charge in [-0.3, -0.25) is 14.9 Å². The Bertz CT molecular complexity index is 1360. The second-order valence-electron chi connectivity index (χ2n) is 7.29. The number of nitrogens with one attached hydrogen (secondary N) is 2. The minimum atomic E-state index is -0.526. The molecule has 3 heterocycles. The summed E-state index contributed by atoms with van der Waals surface area (Å²) in [5.74, 6) is -1.45. The van der Waals surface area contributed by atoms with Crippen LogP contribution in [0.3, 0.4) is 0 Å². The van der Waals surface area contributed by atoms with Crippen LogP contribution in [0.4, 0.5) is 4.39 Å². The number of hydrogen-bond donors (Lipinski definition) is 3. The SMILES string of the molecule is NCCCn1cc(C2=C(c3c[nH]c4ccccc34)C(=O)NC2=O)c2c(F)cccc21. The van der Waals surface area contributed by atoms with Crippen molar-refractivity contribution in [3.63, 3.8) is 0 Å². The van der Waals surface area contributed by atoms with Gasteiger partial charge in [-0.25, -0.2) is 4.39 Å². The summed E-state index contributed by atoms with van der Waals surface area (Å²) in [7, 11) is 0. The van der Waals surface area contributed by atoms with Gasteiger partial charge < -0.3 is 15.3 Å². The van der Waals surface area contributed by atoms with Crippen LogP contribution in [0.2, 0.25) is 0 Å². The van der Waals surface area contributed by atoms with Crippen molar-refractivity contribution >= 4 is 44.8 Å². The number of H-pyrrole nitrogens is 1. The van der Waals surface area contributed by atoms with E-state index in [2.05, 4.69) is 10.3 Å². The summed E-state index contributed by atoms with van der Waals surface area (Å²) in [6.07, 6.45) is 4.16. The number of aromatic nitrogens is 2. The highest BCUT2D eigenvalue weighted by Gasteiger charge is 2.35. The largest absolute Gasteiger partial charge is 0.361 e. The van der Waals surface area contributed by atoms with E-state index in [1.54, 1.807) is 24.5 Å². The number of amides is 2. The predicted octanol–water partition coefficient (Wildman–Crippen LogP) is 3.18. The molecule has 1 aliphatic rings. The van der Waals surface area contributed by atoms with Crippen molar-refractivity contribution in [2.75, 3.05) is 6.54 Å². The molecule has 4 N–H and O–H groups in total. The van der Waals surface area contributed by atoms with Crippen molar-refractivity contribution in [3.8, 4) is 0 Å². The van der Waals surface area contributed by atoms with E-state index in [-0.39, 0.29) is 11.1 Å². The zero-order chi connectivity index (χ0) is 20.8. The molecule has 0 fully saturated rings. The summed E-state index contributed by atoms with van der Waals surface area (Å²) in [4.78, 5) is 28.8. The topological polar surface area (TPSA) is 92.9 Å². The highest BCUT2D eigenvalue weighted by Crippen LogP contribution is 2.39. The molecule has 1 aliphatic heterocycles. The van der Waals surface area contributed by atoms with Crippen molar-refractivity contribution in [2.45, 2.75) is 13.0 Å². The Kier molecular flexibility index (Phi) is 4.25. The van der Waals surface area contributed by atoms with E-state index in [9.17, 15) is 14.0 Å². The van der Waals surface area contributed by atoms with E-state index in [1.165, 1.54) is 6.07 Å². The molecule has 0 saturated carbocycles. The van der Waals surface area contributed by atoms with Gasteiger partial charge in [0.2, 0.25) is 0 Å². The molecule has 0 radical (unpaired) electrons. The van der Waals surface area contributed by atoms with E-state index < -0.39 is 17.6 Å². The molecule has 5 rings (SSSR count). The quantitative estimate of drug-likeness (QED) is 0.448. The first-order valence-electron chi connectivity index (χ1n) is 9.74. The van der Waals surface area contributed by atoms with Gasteiger partial charge in [0.25, 0.3) is 11.8 Å². The maximum Gasteiger partial charge on any atom is 0.259 e. The van der Waals surface area contributed by atoms with Crippen molar-refractivity contribution in [1.29, 1.82) is 0 Å². The lowest BCUT2D eigenvalue weighted by molar-refractivity contribution is -0.122. The van der Waals surface area contributed by atoms with Gasteiger partial charge in [-0.2, -0.15) is 0 Å². The number of benzene rings is 2. The Labute approximate surface area is 171 Å². The van der Waals surface area contributed by atoms with E-state index in [4.69, 9.17) is 5.73 Å². The molecular weight excluding hydrogens is 383 g/mol. The fourth-order valence-electron chi connectivity index (χ4n) is 4.19. The molecule has 6 nitrogen and oxygen atoms in total. The predicted molar refractivity (Wildman–Crippen MR) is 114 cm³/mol. The van der Waals surface area contributed by atoms with E-state index in [0.717, 1.165) is 10.9 Å². The number of rotatable bonds is 5. The number of halogens is 1. The number of nitrogens with two attached hydrogens (primary N) is 1. The molecule has 0 saturated heterocycles. The third-order valence-corrected chi connectivity index (χ3v) is 5.52. The molecule has 2 amide bonds. The Balaban J connectivity index is 1.82. The number of hydrogen-bond acceptors (Lipinski definition) is 3. The summed E-state index contributed by atoms with van der Waals surface area (Å²) >= 11 is 0. The Morgan fingerprint density at radius 1 is 0.967 bits per heavy atom. The monoisotopic (exact) mass is 402 g/mol. The Morgan fingerprint density at radius 2 is 1.73 bits per heavy atom. The summed E-state index contributed by atoms with van der Waals surface area (Å²) in [5.41, 5.74) is 8.62. The van der Waals surface area contributed by atoms with Gasteiger partial charge in [-0.1, -0.05) is 24.3 Å². The van der Waals surface area contributed by atoms with Crippen LogP contribution in [0.1, 0.15) is 17.5 Å². The van der Waals surface area contributed by atoms with Crippen LogP contribution < -0.4 is 11.1 Å². The maximum absolute atomic E-state index is 14.9. The summed E-state index contributed by atoms with van der Waals surface area (Å²) < 4.78 is 16.8. The molecule has 150 valence electrons. The molecule has 0 atom stereocenters. The summed E-state index contributed by atoms with van der Waals surface area (Å²) in [6.45, 7) is 1.08. The van der Waals surface area contributed by atoms with E-state index >= 15 is 0 Å². The average molecular weight is 402 g/mol. The number of para-hydroxylation sites is 1. The fraction of sp³-hybridized carbons (Fsp3) is 0.130. The lowest BCUT2D eigenvalue weighted by Crippen LogP contribution is -2.22. The number of imide groups is 1. The first kappa shape index (κ1) is 18.3. The minimum absolute atomic E-state index is 0.186. The molecule has 0 unspecified atom stereocenters. The van der Waals surface area contributed by atoms with Gasteiger partial charge in [0.05, 0.1) is 16.7 Å². The van der Waals surface area contributed by atoms with Gasteiger partial charge in [0.1, 0.15) is 5.82 Å². The van der Waals surface area contributed by atoms with Gasteiger partial charge in [0.15, 0.2) is 0 Å². The first-order chi connectivity index (χ1) is 14.6. The van der Waals surface area contributed by atoms with Crippen LogP contribution in [-0.4, -0.2) is 27.9 Å². The van der Waals surface area contributed by atoms with Crippen LogP contribution in [0.15, 0.2) is 54.9 Å². The minimum Gasteiger partial charge on any atom is -0.361 e. The molecule has 7 heteroatoms. The molecule has 0 aliphatic carbocycles. The van der Waals surface area contributed by atoms with Crippen LogP contribution in [0.25, 0.3) is 33.0 Å². The van der Waals surface area contributed by atoms with Crippen LogP contribution in [-0.2, 0) is 16.1 Å². The highest BCUT2D eigenvalue weighted by molar-refractivity contribution is 6.50. The third-order valence-electron chi connectivity index (χ3n) is 5.52. The van der Waals surface area contributed by atoms with Gasteiger partial charge in [-0.05, 0) is 31.2 Å². The molecule has 0 bridgehead atoms. The number of aromatic amines is 1. The second-order valence-corrected chi connectivity index (χ2v) is 7.29. The lowest BCUT2D eigenvalue weighted by atomic mass is 9.95. The first-order valence-corrected chi connectivity index (χ1v) is 9.74. The normalized spacial score (nSPS) is 14.3. The average Bonchev–Trinajstić information content (AvgIpc) is 3.40. The molecule has 4 aromatic rings. The third kappa shape index (κ3) is 2.67. The number of carbonyl (C=O) groups excluding carboxylic acids is 2. The Morgan fingerprint density at radius 3 is 2.53 bits per heavy atom. The lowest BCUT2D eigenvalue weighted by Gasteiger charge is -2.03. The number of aryl methyl sites for hydroxylation is 1. The molecule has 0 spiro atoms. The van der Waals surface area contributed by atoms with Crippen molar-refractivity contribution in [1.82, 2.24) is 14.9 Å². The van der Waals surface area contributed by atoms with Crippen LogP contribution in [0, 0.1) is 5.82 Å². The van der Waals surface area contributed by atoms with Crippen molar-refractivity contribution in [3.05, 3.63) is 71.8 Å². The zero-order valence-electron chi connectivity index (χ0n) is 16.0. The van der Waals surface area contributed by atoms with E-state index in [1.807, 2.05) is 28.8 Å². The Hall–Kier alpha value is -3.71. The van der Waals surface area contributed by atoms with Crippen molar-refractivity contribution in [2.24, 2.45) is 5.73 Å². The molecule has 2 aromatic heterocycles. The summed E-state index contributed by atoms with van der Waals surface area (Å²) in [6, 6.07) is 12.3. The van der Waals surface area contributed by atoms with E-state index in [0.29, 0.717) is 41.5 Å². The second kappa shape index (κ2) is 6.96. The fourth-order valence-corrected chi connectivity index (χ4v) is 4.19. The standard InChI is InChI=1S/C23H19FN4O2/c24-16-6-3-8-18-19(16)15(12-28(18)10-4-9-25)21-20(22(29)27-23(21)30)14-11-26-17-7-2-1-5-13(14)17/h1-3,5-8,11-12,26H,4,9-10,25H2,(H,27,29,30). The smallest absolute Gasteiger partial charge is 0.259 e. The van der Waals surface area contributed by atoms with Crippen molar-refractivity contribution < 1.29 is 14.0 Å². The van der Waals surface area contributed by atoms with Crippen LogP contribution >= 0.6 is 0 Å². The number of nitrogens with zero attached hydrogens (tertiary/aromatic N) is 1. The van der Waals surface area contributed by atoms with Crippen LogP contribution in [0.5, 0.6) is 0 Å². The highest BCUT2D eigenvalue weighted by atomic mass is 19.1. The van der Waals surface area contributed by atoms with Gasteiger partial charge in [0, 0.05) is 46.4 Å². The maximum atomic E-state index is 14.9. The number of fused-ring (bicyclic) bond motifs is 2. The molecule has 2 aromatic carbocycles. The van der Waals surface area contributed by atoms with Gasteiger partial charge >= 0.3 is 0 Å². The zero-order valence-corrected chi connectivity index (χ0v) is 16.0. The number of carbonyl (C=O) groups is 2. The molecular formula is C23H19FN4O2.